The van der Waals surface area contributed by atoms with Crippen LogP contribution >= 0.6 is 11.6 Å². The third-order valence-electron chi connectivity index (χ3n) is 3.34. The Morgan fingerprint density at radius 2 is 1.70 bits per heavy atom. The molecular formula is C16H16ClF2N. The molecule has 2 rings (SSSR count). The Kier molecular flexibility index (Phi) is 4.41. The van der Waals surface area contributed by atoms with Gasteiger partial charge in [0.25, 0.3) is 0 Å². The van der Waals surface area contributed by atoms with E-state index in [9.17, 15) is 8.78 Å². The predicted molar refractivity (Wildman–Crippen MR) is 78.2 cm³/mol. The summed E-state index contributed by atoms with van der Waals surface area (Å²) in [4.78, 5) is 0. The van der Waals surface area contributed by atoms with Crippen LogP contribution in [0.25, 0.3) is 0 Å². The maximum absolute atomic E-state index is 14.0. The van der Waals surface area contributed by atoms with Gasteiger partial charge in [-0.3, -0.25) is 0 Å². The maximum atomic E-state index is 14.0. The molecule has 0 heterocycles. The standard InChI is InChI=1S/C16H16ClF2N/c1-9-4-5-11(13(17)6-9)16(20-3)12-7-10(2)14(18)8-15(12)19/h4-8,16,20H,1-3H3. The minimum absolute atomic E-state index is 0.386. The zero-order valence-electron chi connectivity index (χ0n) is 11.6. The number of rotatable bonds is 3. The van der Waals surface area contributed by atoms with E-state index >= 15 is 0 Å². The van der Waals surface area contributed by atoms with Crippen LogP contribution in [0.4, 0.5) is 8.78 Å². The van der Waals surface area contributed by atoms with Crippen LogP contribution in [0.2, 0.25) is 5.02 Å². The van der Waals surface area contributed by atoms with Crippen molar-refractivity contribution < 1.29 is 8.78 Å². The van der Waals surface area contributed by atoms with Crippen LogP contribution in [0.15, 0.2) is 30.3 Å². The molecule has 0 saturated heterocycles. The van der Waals surface area contributed by atoms with Crippen molar-refractivity contribution in [2.24, 2.45) is 0 Å². The van der Waals surface area contributed by atoms with Crippen LogP contribution in [0.1, 0.15) is 28.3 Å². The van der Waals surface area contributed by atoms with Gasteiger partial charge in [-0.1, -0.05) is 23.7 Å². The fourth-order valence-electron chi connectivity index (χ4n) is 2.25. The highest BCUT2D eigenvalue weighted by Gasteiger charge is 2.20. The summed E-state index contributed by atoms with van der Waals surface area (Å²) >= 11 is 6.24. The average molecular weight is 296 g/mol. The average Bonchev–Trinajstić information content (AvgIpc) is 2.38. The van der Waals surface area contributed by atoms with Crippen molar-refractivity contribution in [3.8, 4) is 0 Å². The molecule has 0 aliphatic heterocycles. The first kappa shape index (κ1) is 14.9. The topological polar surface area (TPSA) is 12.0 Å². The Morgan fingerprint density at radius 3 is 2.30 bits per heavy atom. The molecule has 0 saturated carbocycles. The molecule has 0 aromatic heterocycles. The molecule has 0 spiro atoms. The van der Waals surface area contributed by atoms with Crippen molar-refractivity contribution >= 4 is 11.6 Å². The van der Waals surface area contributed by atoms with Gasteiger partial charge in [0, 0.05) is 16.7 Å². The van der Waals surface area contributed by atoms with Crippen LogP contribution in [-0.2, 0) is 0 Å². The molecule has 1 unspecified atom stereocenters. The molecule has 1 N–H and O–H groups in total. The lowest BCUT2D eigenvalue weighted by Gasteiger charge is -2.20. The highest BCUT2D eigenvalue weighted by molar-refractivity contribution is 6.31. The number of nitrogens with one attached hydrogen (secondary N) is 1. The van der Waals surface area contributed by atoms with Crippen LogP contribution in [-0.4, -0.2) is 7.05 Å². The van der Waals surface area contributed by atoms with Crippen LogP contribution in [0.3, 0.4) is 0 Å². The normalized spacial score (nSPS) is 12.5. The second-order valence-corrected chi connectivity index (χ2v) is 5.28. The van der Waals surface area contributed by atoms with Gasteiger partial charge in [0.1, 0.15) is 11.6 Å². The van der Waals surface area contributed by atoms with E-state index in [-0.39, 0.29) is 0 Å². The van der Waals surface area contributed by atoms with Gasteiger partial charge >= 0.3 is 0 Å². The zero-order valence-corrected chi connectivity index (χ0v) is 12.4. The SMILES string of the molecule is CNC(c1cc(C)c(F)cc1F)c1ccc(C)cc1Cl. The van der Waals surface area contributed by atoms with Gasteiger partial charge in [-0.25, -0.2) is 8.78 Å². The molecule has 20 heavy (non-hydrogen) atoms. The molecule has 0 fully saturated rings. The molecule has 1 atom stereocenters. The van der Waals surface area contributed by atoms with Crippen molar-refractivity contribution in [3.05, 3.63) is 69.2 Å². The molecule has 0 amide bonds. The third-order valence-corrected chi connectivity index (χ3v) is 3.67. The van der Waals surface area contributed by atoms with E-state index in [0.717, 1.165) is 17.2 Å². The van der Waals surface area contributed by atoms with E-state index in [4.69, 9.17) is 11.6 Å². The summed E-state index contributed by atoms with van der Waals surface area (Å²) in [6.07, 6.45) is 0. The zero-order chi connectivity index (χ0) is 14.9. The Labute approximate surface area is 122 Å². The first-order chi connectivity index (χ1) is 9.43. The highest BCUT2D eigenvalue weighted by Crippen LogP contribution is 2.31. The van der Waals surface area contributed by atoms with Gasteiger partial charge in [-0.05, 0) is 49.7 Å². The van der Waals surface area contributed by atoms with Crippen molar-refractivity contribution in [1.29, 1.82) is 0 Å². The van der Waals surface area contributed by atoms with E-state index in [0.29, 0.717) is 16.1 Å². The summed E-state index contributed by atoms with van der Waals surface area (Å²) in [5.41, 5.74) is 2.59. The summed E-state index contributed by atoms with van der Waals surface area (Å²) in [6, 6.07) is 7.62. The summed E-state index contributed by atoms with van der Waals surface area (Å²) < 4.78 is 27.4. The quantitative estimate of drug-likeness (QED) is 0.876. The van der Waals surface area contributed by atoms with Crippen LogP contribution in [0, 0.1) is 25.5 Å². The Hall–Kier alpha value is -1.45. The second-order valence-electron chi connectivity index (χ2n) is 4.87. The fourth-order valence-corrected chi connectivity index (χ4v) is 2.59. The largest absolute Gasteiger partial charge is 0.309 e. The lowest BCUT2D eigenvalue weighted by molar-refractivity contribution is 0.547. The van der Waals surface area contributed by atoms with E-state index in [1.807, 2.05) is 25.1 Å². The van der Waals surface area contributed by atoms with Crippen molar-refractivity contribution in [2.45, 2.75) is 19.9 Å². The molecule has 2 aromatic rings. The van der Waals surface area contributed by atoms with E-state index < -0.39 is 17.7 Å². The molecule has 0 aliphatic carbocycles. The third kappa shape index (κ3) is 2.84. The van der Waals surface area contributed by atoms with Gasteiger partial charge in [0.15, 0.2) is 0 Å². The van der Waals surface area contributed by atoms with Crippen molar-refractivity contribution in [2.75, 3.05) is 7.05 Å². The number of halogens is 3. The molecule has 0 aliphatic rings. The molecular weight excluding hydrogens is 280 g/mol. The Balaban J connectivity index is 2.55. The van der Waals surface area contributed by atoms with Gasteiger partial charge in [0.05, 0.1) is 6.04 Å². The predicted octanol–water partition coefficient (Wildman–Crippen LogP) is 4.54. The van der Waals surface area contributed by atoms with E-state index in [2.05, 4.69) is 5.32 Å². The summed E-state index contributed by atoms with van der Waals surface area (Å²) in [6.45, 7) is 3.55. The minimum atomic E-state index is -0.580. The summed E-state index contributed by atoms with van der Waals surface area (Å²) in [5, 5.41) is 3.60. The van der Waals surface area contributed by atoms with Gasteiger partial charge in [-0.15, -0.1) is 0 Å². The van der Waals surface area contributed by atoms with Crippen molar-refractivity contribution in [1.82, 2.24) is 5.32 Å². The Morgan fingerprint density at radius 1 is 1.00 bits per heavy atom. The van der Waals surface area contributed by atoms with Gasteiger partial charge in [-0.2, -0.15) is 0 Å². The van der Waals surface area contributed by atoms with E-state index in [1.165, 1.54) is 6.07 Å². The summed E-state index contributed by atoms with van der Waals surface area (Å²) in [5.74, 6) is -1.12. The number of aryl methyl sites for hydroxylation is 2. The first-order valence-corrected chi connectivity index (χ1v) is 6.70. The monoisotopic (exact) mass is 295 g/mol. The second kappa shape index (κ2) is 5.90. The molecule has 0 bridgehead atoms. The number of benzene rings is 2. The smallest absolute Gasteiger partial charge is 0.131 e. The fraction of sp³-hybridized carbons (Fsp3) is 0.250. The molecule has 2 aromatic carbocycles. The molecule has 1 nitrogen and oxygen atoms in total. The van der Waals surface area contributed by atoms with Gasteiger partial charge < -0.3 is 5.32 Å². The maximum Gasteiger partial charge on any atom is 0.131 e. The van der Waals surface area contributed by atoms with Crippen molar-refractivity contribution in [3.63, 3.8) is 0 Å². The highest BCUT2D eigenvalue weighted by atomic mass is 35.5. The minimum Gasteiger partial charge on any atom is -0.309 e. The number of hydrogen-bond donors (Lipinski definition) is 1. The lowest BCUT2D eigenvalue weighted by atomic mass is 9.96. The number of hydrogen-bond acceptors (Lipinski definition) is 1. The van der Waals surface area contributed by atoms with E-state index in [1.54, 1.807) is 14.0 Å². The van der Waals surface area contributed by atoms with Gasteiger partial charge in [0.2, 0.25) is 0 Å². The first-order valence-electron chi connectivity index (χ1n) is 6.33. The lowest BCUT2D eigenvalue weighted by Crippen LogP contribution is -2.20. The van der Waals surface area contributed by atoms with Crippen LogP contribution in [0.5, 0.6) is 0 Å². The molecule has 0 radical (unpaired) electrons. The van der Waals surface area contributed by atoms with Crippen LogP contribution < -0.4 is 5.32 Å². The summed E-state index contributed by atoms with van der Waals surface area (Å²) in [7, 11) is 1.72. The molecule has 4 heteroatoms. The molecule has 106 valence electrons. The Bertz CT molecular complexity index is 641.